The van der Waals surface area contributed by atoms with E-state index in [4.69, 9.17) is 4.74 Å². The van der Waals surface area contributed by atoms with Gasteiger partial charge < -0.3 is 9.84 Å². The van der Waals surface area contributed by atoms with Crippen LogP contribution in [0.4, 0.5) is 0 Å². The van der Waals surface area contributed by atoms with Crippen LogP contribution >= 0.6 is 0 Å². The highest BCUT2D eigenvalue weighted by Crippen LogP contribution is 2.33. The molecule has 3 heteroatoms. The maximum absolute atomic E-state index is 10.6. The number of benzene rings is 1. The van der Waals surface area contributed by atoms with Crippen molar-refractivity contribution in [2.45, 2.75) is 26.9 Å². The van der Waals surface area contributed by atoms with Gasteiger partial charge in [-0.25, -0.2) is 0 Å². The largest absolute Gasteiger partial charge is 0.496 e. The molecule has 0 saturated heterocycles. The van der Waals surface area contributed by atoms with Crippen molar-refractivity contribution in [1.82, 2.24) is 4.98 Å². The summed E-state index contributed by atoms with van der Waals surface area (Å²) in [6.07, 6.45) is 0.944. The molecule has 1 aromatic carbocycles. The van der Waals surface area contributed by atoms with E-state index in [1.54, 1.807) is 13.3 Å². The molecule has 0 aliphatic rings. The molecule has 3 nitrogen and oxygen atoms in total. The Kier molecular flexibility index (Phi) is 3.86. The number of aliphatic hydroxyl groups is 1. The van der Waals surface area contributed by atoms with Gasteiger partial charge in [0.1, 0.15) is 11.9 Å². The van der Waals surface area contributed by atoms with Crippen molar-refractivity contribution in [1.29, 1.82) is 0 Å². The fourth-order valence-corrected chi connectivity index (χ4v) is 2.32. The second-order valence-corrected chi connectivity index (χ2v) is 4.86. The van der Waals surface area contributed by atoms with Crippen molar-refractivity contribution < 1.29 is 9.84 Å². The minimum atomic E-state index is -0.768. The summed E-state index contributed by atoms with van der Waals surface area (Å²) in [5.74, 6) is 0.702. The first-order valence-electron chi connectivity index (χ1n) is 6.28. The molecule has 100 valence electrons. The molecular weight excluding hydrogens is 238 g/mol. The van der Waals surface area contributed by atoms with E-state index in [9.17, 15) is 5.11 Å². The van der Waals surface area contributed by atoms with E-state index in [1.165, 1.54) is 0 Å². The van der Waals surface area contributed by atoms with Crippen LogP contribution in [-0.4, -0.2) is 17.2 Å². The van der Waals surface area contributed by atoms with Gasteiger partial charge in [0, 0.05) is 11.8 Å². The first kappa shape index (κ1) is 13.6. The lowest BCUT2D eigenvalue weighted by Gasteiger charge is -2.18. The van der Waals surface area contributed by atoms with Crippen LogP contribution < -0.4 is 4.74 Å². The molecule has 0 fully saturated rings. The van der Waals surface area contributed by atoms with Gasteiger partial charge in [-0.05, 0) is 55.7 Å². The zero-order valence-electron chi connectivity index (χ0n) is 11.8. The Labute approximate surface area is 113 Å². The molecule has 1 aromatic heterocycles. The van der Waals surface area contributed by atoms with Gasteiger partial charge >= 0.3 is 0 Å². The topological polar surface area (TPSA) is 42.4 Å². The average Bonchev–Trinajstić information content (AvgIpc) is 2.37. The van der Waals surface area contributed by atoms with Crippen molar-refractivity contribution in [3.05, 3.63) is 58.4 Å². The number of ether oxygens (including phenoxy) is 1. The quantitative estimate of drug-likeness (QED) is 0.918. The summed E-state index contributed by atoms with van der Waals surface area (Å²) >= 11 is 0. The monoisotopic (exact) mass is 257 g/mol. The number of pyridine rings is 1. The van der Waals surface area contributed by atoms with Crippen LogP contribution in [0.15, 0.2) is 30.5 Å². The first-order valence-corrected chi connectivity index (χ1v) is 6.28. The number of aliphatic hydroxyl groups excluding tert-OH is 1. The molecular formula is C16H19NO2. The number of hydrogen-bond acceptors (Lipinski definition) is 3. The van der Waals surface area contributed by atoms with E-state index < -0.39 is 6.10 Å². The summed E-state index contributed by atoms with van der Waals surface area (Å²) in [5.41, 5.74) is 4.62. The molecule has 0 spiro atoms. The number of nitrogens with zero attached hydrogens (tertiary/aromatic N) is 1. The van der Waals surface area contributed by atoms with E-state index in [1.807, 2.05) is 45.0 Å². The van der Waals surface area contributed by atoms with Crippen molar-refractivity contribution in [2.75, 3.05) is 7.11 Å². The number of methoxy groups -OCH3 is 1. The molecule has 19 heavy (non-hydrogen) atoms. The fraction of sp³-hybridized carbons (Fsp3) is 0.312. The van der Waals surface area contributed by atoms with E-state index in [2.05, 4.69) is 4.98 Å². The Morgan fingerprint density at radius 2 is 1.84 bits per heavy atom. The van der Waals surface area contributed by atoms with Crippen molar-refractivity contribution >= 4 is 0 Å². The fourth-order valence-electron chi connectivity index (χ4n) is 2.32. The number of aromatic nitrogens is 1. The van der Waals surface area contributed by atoms with Crippen molar-refractivity contribution in [3.8, 4) is 5.75 Å². The Morgan fingerprint density at radius 3 is 2.47 bits per heavy atom. The highest BCUT2D eigenvalue weighted by molar-refractivity contribution is 5.47. The van der Waals surface area contributed by atoms with Crippen LogP contribution in [0.2, 0.25) is 0 Å². The lowest BCUT2D eigenvalue weighted by Crippen LogP contribution is -2.07. The molecule has 2 rings (SSSR count). The summed E-state index contributed by atoms with van der Waals surface area (Å²) in [6, 6.07) is 7.77. The second-order valence-electron chi connectivity index (χ2n) is 4.86. The van der Waals surface area contributed by atoms with Gasteiger partial charge in [0.2, 0.25) is 0 Å². The Hall–Kier alpha value is -1.87. The van der Waals surface area contributed by atoms with Gasteiger partial charge in [-0.1, -0.05) is 6.07 Å². The van der Waals surface area contributed by atoms with Gasteiger partial charge in [0.05, 0.1) is 12.8 Å². The third kappa shape index (κ3) is 2.76. The minimum absolute atomic E-state index is 0.644. The Bertz CT molecular complexity index is 593. The molecule has 0 amide bonds. The third-order valence-electron chi connectivity index (χ3n) is 3.20. The summed E-state index contributed by atoms with van der Waals surface area (Å²) in [6.45, 7) is 5.97. The van der Waals surface area contributed by atoms with Gasteiger partial charge in [-0.2, -0.15) is 0 Å². The molecule has 0 aliphatic carbocycles. The molecule has 2 aromatic rings. The average molecular weight is 257 g/mol. The van der Waals surface area contributed by atoms with Crippen LogP contribution in [0, 0.1) is 20.8 Å². The molecule has 0 radical (unpaired) electrons. The van der Waals surface area contributed by atoms with Crippen LogP contribution in [0.3, 0.4) is 0 Å². The van der Waals surface area contributed by atoms with E-state index in [0.29, 0.717) is 11.4 Å². The van der Waals surface area contributed by atoms with E-state index >= 15 is 0 Å². The smallest absolute Gasteiger partial charge is 0.125 e. The lowest BCUT2D eigenvalue weighted by molar-refractivity contribution is 0.209. The standard InChI is InChI=1S/C16H19NO2/c1-10-5-6-17-13(8-10)16(18)15-12(3)7-11(2)9-14(15)19-4/h5-9,16,18H,1-4H3. The SMILES string of the molecule is COc1cc(C)cc(C)c1C(O)c1cc(C)ccn1. The van der Waals surface area contributed by atoms with Gasteiger partial charge in [-0.15, -0.1) is 0 Å². The zero-order valence-corrected chi connectivity index (χ0v) is 11.8. The second kappa shape index (κ2) is 5.41. The number of rotatable bonds is 3. The van der Waals surface area contributed by atoms with Crippen LogP contribution in [-0.2, 0) is 0 Å². The summed E-state index contributed by atoms with van der Waals surface area (Å²) in [5, 5.41) is 10.6. The van der Waals surface area contributed by atoms with E-state index in [-0.39, 0.29) is 0 Å². The van der Waals surface area contributed by atoms with Gasteiger partial charge in [-0.3, -0.25) is 4.98 Å². The zero-order chi connectivity index (χ0) is 14.0. The van der Waals surface area contributed by atoms with E-state index in [0.717, 1.165) is 22.3 Å². The van der Waals surface area contributed by atoms with Gasteiger partial charge in [0.25, 0.3) is 0 Å². The molecule has 1 heterocycles. The van der Waals surface area contributed by atoms with Crippen LogP contribution in [0.1, 0.15) is 34.1 Å². The summed E-state index contributed by atoms with van der Waals surface area (Å²) < 4.78 is 5.39. The first-order chi connectivity index (χ1) is 9.02. The summed E-state index contributed by atoms with van der Waals surface area (Å²) in [7, 11) is 1.62. The predicted octanol–water partition coefficient (Wildman–Crippen LogP) is 3.10. The Balaban J connectivity index is 2.52. The minimum Gasteiger partial charge on any atom is -0.496 e. The molecule has 1 N–H and O–H groups in total. The van der Waals surface area contributed by atoms with Crippen molar-refractivity contribution in [2.24, 2.45) is 0 Å². The lowest BCUT2D eigenvalue weighted by atomic mass is 9.97. The Morgan fingerprint density at radius 1 is 1.11 bits per heavy atom. The normalized spacial score (nSPS) is 12.3. The predicted molar refractivity (Wildman–Crippen MR) is 75.5 cm³/mol. The highest BCUT2D eigenvalue weighted by atomic mass is 16.5. The summed E-state index contributed by atoms with van der Waals surface area (Å²) in [4.78, 5) is 4.25. The molecule has 0 saturated carbocycles. The molecule has 1 atom stereocenters. The van der Waals surface area contributed by atoms with Crippen LogP contribution in [0.25, 0.3) is 0 Å². The molecule has 0 aliphatic heterocycles. The third-order valence-corrected chi connectivity index (χ3v) is 3.20. The molecule has 0 bridgehead atoms. The van der Waals surface area contributed by atoms with Gasteiger partial charge in [0.15, 0.2) is 0 Å². The maximum atomic E-state index is 10.6. The van der Waals surface area contributed by atoms with Crippen molar-refractivity contribution in [3.63, 3.8) is 0 Å². The highest BCUT2D eigenvalue weighted by Gasteiger charge is 2.19. The maximum Gasteiger partial charge on any atom is 0.125 e. The number of hydrogen-bond donors (Lipinski definition) is 1. The number of aryl methyl sites for hydroxylation is 3. The molecule has 1 unspecified atom stereocenters. The van der Waals surface area contributed by atoms with Crippen LogP contribution in [0.5, 0.6) is 5.75 Å².